The van der Waals surface area contributed by atoms with Crippen molar-refractivity contribution in [1.29, 1.82) is 0 Å². The molecule has 0 fully saturated rings. The lowest BCUT2D eigenvalue weighted by Crippen LogP contribution is -2.26. The van der Waals surface area contributed by atoms with Gasteiger partial charge in [0.15, 0.2) is 0 Å². The van der Waals surface area contributed by atoms with Crippen LogP contribution in [0.15, 0.2) is 24.4 Å². The van der Waals surface area contributed by atoms with Gasteiger partial charge < -0.3 is 10.4 Å². The molecule has 0 saturated heterocycles. The van der Waals surface area contributed by atoms with Crippen molar-refractivity contribution in [2.45, 2.75) is 19.9 Å². The highest BCUT2D eigenvalue weighted by Gasteiger charge is 2.22. The van der Waals surface area contributed by atoms with Gasteiger partial charge in [-0.1, -0.05) is 6.07 Å². The fourth-order valence-corrected chi connectivity index (χ4v) is 2.55. The number of nitrogens with zero attached hydrogens (tertiary/aromatic N) is 2. The quantitative estimate of drug-likeness (QED) is 0.667. The Morgan fingerprint density at radius 3 is 2.81 bits per heavy atom. The zero-order chi connectivity index (χ0) is 15.6. The number of carbonyl (C=O) groups excluding carboxylic acids is 1. The number of hydrogen-bond acceptors (Lipinski definition) is 6. The van der Waals surface area contributed by atoms with Crippen molar-refractivity contribution in [3.05, 3.63) is 50.0 Å². The molecule has 8 heteroatoms. The van der Waals surface area contributed by atoms with E-state index < -0.39 is 22.3 Å². The molecule has 2 rings (SSSR count). The van der Waals surface area contributed by atoms with E-state index in [1.807, 2.05) is 6.92 Å². The van der Waals surface area contributed by atoms with Crippen molar-refractivity contribution in [2.75, 3.05) is 0 Å². The lowest BCUT2D eigenvalue weighted by atomic mass is 10.1. The smallest absolute Gasteiger partial charge is 0.311 e. The Labute approximate surface area is 124 Å². The fourth-order valence-electron chi connectivity index (χ4n) is 1.77. The molecule has 0 radical (unpaired) electrons. The summed E-state index contributed by atoms with van der Waals surface area (Å²) >= 11 is 1.45. The van der Waals surface area contributed by atoms with Crippen molar-refractivity contribution < 1.29 is 14.8 Å². The Kier molecular flexibility index (Phi) is 4.18. The third-order valence-electron chi connectivity index (χ3n) is 2.81. The molecule has 1 aromatic carbocycles. The van der Waals surface area contributed by atoms with E-state index in [4.69, 9.17) is 0 Å². The molecule has 0 aliphatic heterocycles. The van der Waals surface area contributed by atoms with Crippen LogP contribution in [0.3, 0.4) is 0 Å². The number of nitro groups is 1. The molecule has 1 unspecified atom stereocenters. The number of carbonyl (C=O) groups is 1. The zero-order valence-corrected chi connectivity index (χ0v) is 12.2. The van der Waals surface area contributed by atoms with Crippen LogP contribution in [0.5, 0.6) is 5.75 Å². The summed E-state index contributed by atoms with van der Waals surface area (Å²) in [6.45, 7) is 3.66. The monoisotopic (exact) mass is 307 g/mol. The van der Waals surface area contributed by atoms with Crippen LogP contribution in [0.2, 0.25) is 0 Å². The summed E-state index contributed by atoms with van der Waals surface area (Å²) in [4.78, 5) is 27.3. The Morgan fingerprint density at radius 2 is 2.24 bits per heavy atom. The van der Waals surface area contributed by atoms with Gasteiger partial charge in [0.2, 0.25) is 5.75 Å². The standard InChI is InChI=1S/C13H13N3O4S/c1-7-6-14-13(21-7)8(2)15-12(18)9-4-3-5-10(11(9)17)16(19)20/h3-6,8,17H,1-2H3,(H,15,18). The van der Waals surface area contributed by atoms with Gasteiger partial charge in [0.05, 0.1) is 16.5 Å². The van der Waals surface area contributed by atoms with Crippen LogP contribution in [0.1, 0.15) is 33.2 Å². The number of thiazole rings is 1. The van der Waals surface area contributed by atoms with Gasteiger partial charge >= 0.3 is 5.69 Å². The molecule has 7 nitrogen and oxygen atoms in total. The second kappa shape index (κ2) is 5.88. The van der Waals surface area contributed by atoms with Crippen LogP contribution < -0.4 is 5.32 Å². The Bertz CT molecular complexity index is 698. The molecule has 0 bridgehead atoms. The summed E-state index contributed by atoms with van der Waals surface area (Å²) in [6, 6.07) is 3.47. The molecule has 2 N–H and O–H groups in total. The lowest BCUT2D eigenvalue weighted by Gasteiger charge is -2.12. The van der Waals surface area contributed by atoms with Gasteiger partial charge in [-0.05, 0) is 19.9 Å². The number of benzene rings is 1. The molecule has 0 aliphatic rings. The van der Waals surface area contributed by atoms with Gasteiger partial charge in [-0.2, -0.15) is 0 Å². The van der Waals surface area contributed by atoms with Crippen molar-refractivity contribution in [3.8, 4) is 5.75 Å². The number of aromatic hydroxyl groups is 1. The highest BCUT2D eigenvalue weighted by Crippen LogP contribution is 2.29. The maximum absolute atomic E-state index is 12.1. The summed E-state index contributed by atoms with van der Waals surface area (Å²) in [5.74, 6) is -1.22. The molecule has 21 heavy (non-hydrogen) atoms. The number of rotatable bonds is 4. The number of hydrogen-bond donors (Lipinski definition) is 2. The second-order valence-corrected chi connectivity index (χ2v) is 5.70. The van der Waals surface area contributed by atoms with E-state index in [2.05, 4.69) is 10.3 Å². The summed E-state index contributed by atoms with van der Waals surface area (Å²) < 4.78 is 0. The maximum Gasteiger partial charge on any atom is 0.311 e. The van der Waals surface area contributed by atoms with E-state index in [-0.39, 0.29) is 11.6 Å². The predicted octanol–water partition coefficient (Wildman–Crippen LogP) is 2.56. The number of phenols is 1. The van der Waals surface area contributed by atoms with E-state index in [0.717, 1.165) is 16.0 Å². The molecule has 110 valence electrons. The number of aromatic nitrogens is 1. The number of para-hydroxylation sites is 1. The number of nitro benzene ring substituents is 1. The zero-order valence-electron chi connectivity index (χ0n) is 11.4. The molecular weight excluding hydrogens is 294 g/mol. The largest absolute Gasteiger partial charge is 0.502 e. The third-order valence-corrected chi connectivity index (χ3v) is 3.91. The van der Waals surface area contributed by atoms with Crippen LogP contribution >= 0.6 is 11.3 Å². The third kappa shape index (κ3) is 3.16. The van der Waals surface area contributed by atoms with Crippen molar-refractivity contribution in [3.63, 3.8) is 0 Å². The van der Waals surface area contributed by atoms with E-state index in [1.54, 1.807) is 13.1 Å². The average molecular weight is 307 g/mol. The second-order valence-electron chi connectivity index (χ2n) is 4.43. The van der Waals surface area contributed by atoms with Crippen LogP contribution in [0.25, 0.3) is 0 Å². The highest BCUT2D eigenvalue weighted by molar-refractivity contribution is 7.11. The van der Waals surface area contributed by atoms with Crippen LogP contribution in [0.4, 0.5) is 5.69 Å². The molecule has 1 heterocycles. The van der Waals surface area contributed by atoms with Gasteiger partial charge in [0.1, 0.15) is 5.01 Å². The number of aryl methyl sites for hydroxylation is 1. The lowest BCUT2D eigenvalue weighted by molar-refractivity contribution is -0.385. The number of nitrogens with one attached hydrogen (secondary N) is 1. The van der Waals surface area contributed by atoms with E-state index in [0.29, 0.717) is 0 Å². The highest BCUT2D eigenvalue weighted by atomic mass is 32.1. The van der Waals surface area contributed by atoms with Crippen molar-refractivity contribution in [2.24, 2.45) is 0 Å². The van der Waals surface area contributed by atoms with Gasteiger partial charge in [-0.3, -0.25) is 14.9 Å². The van der Waals surface area contributed by atoms with Crippen LogP contribution in [0, 0.1) is 17.0 Å². The Hall–Kier alpha value is -2.48. The summed E-state index contributed by atoms with van der Waals surface area (Å²) in [6.07, 6.45) is 1.70. The first-order chi connectivity index (χ1) is 9.90. The number of amides is 1. The van der Waals surface area contributed by atoms with Crippen molar-refractivity contribution >= 4 is 22.9 Å². The van der Waals surface area contributed by atoms with Gasteiger partial charge in [-0.15, -0.1) is 11.3 Å². The number of phenolic OH excluding ortho intramolecular Hbond substituents is 1. The van der Waals surface area contributed by atoms with Gasteiger partial charge in [0.25, 0.3) is 5.91 Å². The first-order valence-corrected chi connectivity index (χ1v) is 6.91. The molecule has 0 spiro atoms. The molecule has 0 saturated carbocycles. The van der Waals surface area contributed by atoms with E-state index in [9.17, 15) is 20.0 Å². The molecule has 2 aromatic rings. The maximum atomic E-state index is 12.1. The molecule has 1 aromatic heterocycles. The minimum Gasteiger partial charge on any atom is -0.502 e. The molecule has 1 amide bonds. The van der Waals surface area contributed by atoms with E-state index in [1.165, 1.54) is 23.5 Å². The predicted molar refractivity (Wildman–Crippen MR) is 77.5 cm³/mol. The normalized spacial score (nSPS) is 11.9. The summed E-state index contributed by atoms with van der Waals surface area (Å²) in [5.41, 5.74) is -0.635. The molecular formula is C13H13N3O4S. The van der Waals surface area contributed by atoms with Crippen molar-refractivity contribution in [1.82, 2.24) is 10.3 Å². The van der Waals surface area contributed by atoms with Gasteiger partial charge in [-0.25, -0.2) is 4.98 Å². The summed E-state index contributed by atoms with van der Waals surface area (Å²) in [5, 5.41) is 23.9. The fraction of sp³-hybridized carbons (Fsp3) is 0.231. The minimum atomic E-state index is -0.736. The van der Waals surface area contributed by atoms with Crippen LogP contribution in [-0.4, -0.2) is 20.9 Å². The topological polar surface area (TPSA) is 105 Å². The SMILES string of the molecule is Cc1cnc(C(C)NC(=O)c2cccc([N+](=O)[O-])c2O)s1. The minimum absolute atomic E-state index is 0.135. The Balaban J connectivity index is 2.21. The Morgan fingerprint density at radius 1 is 1.52 bits per heavy atom. The molecule has 1 atom stereocenters. The first kappa shape index (κ1) is 14.9. The van der Waals surface area contributed by atoms with Crippen LogP contribution in [-0.2, 0) is 0 Å². The average Bonchev–Trinajstić information content (AvgIpc) is 2.85. The van der Waals surface area contributed by atoms with E-state index >= 15 is 0 Å². The summed E-state index contributed by atoms with van der Waals surface area (Å²) in [7, 11) is 0. The van der Waals surface area contributed by atoms with Gasteiger partial charge in [0, 0.05) is 17.1 Å². The first-order valence-electron chi connectivity index (χ1n) is 6.09. The molecule has 0 aliphatic carbocycles.